The number of likely N-dealkylation sites (tertiary alicyclic amines) is 1. The number of piperidine rings is 1. The van der Waals surface area contributed by atoms with Gasteiger partial charge >= 0.3 is 6.18 Å². The molecule has 6 nitrogen and oxygen atoms in total. The van der Waals surface area contributed by atoms with E-state index < -0.39 is 11.7 Å². The van der Waals surface area contributed by atoms with E-state index in [2.05, 4.69) is 15.4 Å². The minimum Gasteiger partial charge on any atom is -0.339 e. The zero-order chi connectivity index (χ0) is 18.0. The van der Waals surface area contributed by atoms with Gasteiger partial charge in [0.05, 0.1) is 5.56 Å². The Balaban J connectivity index is 1.65. The molecule has 1 fully saturated rings. The van der Waals surface area contributed by atoms with Gasteiger partial charge < -0.3 is 4.90 Å². The molecular formula is C16H14F3N5O. The highest BCUT2D eigenvalue weighted by molar-refractivity contribution is 5.94. The summed E-state index contributed by atoms with van der Waals surface area (Å²) >= 11 is 0. The zero-order valence-electron chi connectivity index (χ0n) is 13.0. The van der Waals surface area contributed by atoms with Crippen LogP contribution in [-0.4, -0.2) is 39.3 Å². The second kappa shape index (κ2) is 6.55. The van der Waals surface area contributed by atoms with Crippen molar-refractivity contribution in [1.82, 2.24) is 20.3 Å². The number of nitriles is 1. The summed E-state index contributed by atoms with van der Waals surface area (Å²) in [7, 11) is 0. The molecule has 1 aliphatic heterocycles. The number of benzene rings is 1. The van der Waals surface area contributed by atoms with E-state index >= 15 is 0 Å². The van der Waals surface area contributed by atoms with Crippen molar-refractivity contribution in [3.63, 3.8) is 0 Å². The Morgan fingerprint density at radius 1 is 1.20 bits per heavy atom. The number of amides is 1. The molecule has 3 rings (SSSR count). The summed E-state index contributed by atoms with van der Waals surface area (Å²) in [5, 5.41) is 19.2. The van der Waals surface area contributed by atoms with Gasteiger partial charge in [-0.15, -0.1) is 5.10 Å². The molecule has 25 heavy (non-hydrogen) atoms. The van der Waals surface area contributed by atoms with Crippen molar-refractivity contribution >= 4 is 5.91 Å². The lowest BCUT2D eigenvalue weighted by Crippen LogP contribution is -2.38. The van der Waals surface area contributed by atoms with Gasteiger partial charge in [0.25, 0.3) is 5.91 Å². The standard InChI is InChI=1S/C16H14F3N5O/c17-16(18,19)12-3-1-11(2-4-12)15(25)24-7-5-10(6-8-24)14-13(9-20)21-23-22-14/h1-4,10H,5-8H2,(H,21,22,23). The van der Waals surface area contributed by atoms with Crippen LogP contribution in [0.15, 0.2) is 24.3 Å². The van der Waals surface area contributed by atoms with E-state index in [9.17, 15) is 18.0 Å². The molecule has 0 spiro atoms. The predicted octanol–water partition coefficient (Wildman–Crippen LogP) is 2.71. The lowest BCUT2D eigenvalue weighted by Gasteiger charge is -2.31. The van der Waals surface area contributed by atoms with Crippen LogP contribution in [0.2, 0.25) is 0 Å². The molecule has 0 unspecified atom stereocenters. The number of aromatic amines is 1. The summed E-state index contributed by atoms with van der Waals surface area (Å²) in [6, 6.07) is 6.19. The molecule has 0 atom stereocenters. The molecule has 0 bridgehead atoms. The molecule has 130 valence electrons. The number of halogens is 3. The number of nitrogens with one attached hydrogen (secondary N) is 1. The third-order valence-corrected chi connectivity index (χ3v) is 4.31. The maximum Gasteiger partial charge on any atom is 0.416 e. The van der Waals surface area contributed by atoms with Gasteiger partial charge in [-0.2, -0.15) is 28.7 Å². The van der Waals surface area contributed by atoms with Gasteiger partial charge in [0.2, 0.25) is 0 Å². The first-order valence-electron chi connectivity index (χ1n) is 7.67. The number of nitrogens with zero attached hydrogens (tertiary/aromatic N) is 4. The fourth-order valence-corrected chi connectivity index (χ4v) is 2.95. The van der Waals surface area contributed by atoms with Gasteiger partial charge in [-0.1, -0.05) is 0 Å². The minimum atomic E-state index is -4.42. The maximum atomic E-state index is 12.6. The van der Waals surface area contributed by atoms with Crippen molar-refractivity contribution in [2.24, 2.45) is 0 Å². The van der Waals surface area contributed by atoms with Gasteiger partial charge in [0, 0.05) is 24.6 Å². The summed E-state index contributed by atoms with van der Waals surface area (Å²) in [5.41, 5.74) is 0.306. The molecule has 1 aliphatic rings. The van der Waals surface area contributed by atoms with Gasteiger partial charge in [-0.25, -0.2) is 0 Å². The van der Waals surface area contributed by atoms with Gasteiger partial charge in [0.15, 0.2) is 5.69 Å². The monoisotopic (exact) mass is 349 g/mol. The van der Waals surface area contributed by atoms with Crippen LogP contribution < -0.4 is 0 Å². The Morgan fingerprint density at radius 2 is 1.84 bits per heavy atom. The number of carbonyl (C=O) groups excluding carboxylic acids is 1. The minimum absolute atomic E-state index is 0.0325. The van der Waals surface area contributed by atoms with Crippen LogP contribution in [0.1, 0.15) is 46.1 Å². The lowest BCUT2D eigenvalue weighted by molar-refractivity contribution is -0.137. The number of alkyl halides is 3. The van der Waals surface area contributed by atoms with E-state index in [1.807, 2.05) is 6.07 Å². The number of rotatable bonds is 2. The van der Waals surface area contributed by atoms with Crippen molar-refractivity contribution in [2.75, 3.05) is 13.1 Å². The van der Waals surface area contributed by atoms with Crippen LogP contribution in [0.25, 0.3) is 0 Å². The number of aromatic nitrogens is 3. The third-order valence-electron chi connectivity index (χ3n) is 4.31. The fourth-order valence-electron chi connectivity index (χ4n) is 2.95. The fraction of sp³-hybridized carbons (Fsp3) is 0.375. The zero-order valence-corrected chi connectivity index (χ0v) is 13.0. The molecule has 0 saturated carbocycles. The lowest BCUT2D eigenvalue weighted by atomic mass is 9.92. The maximum absolute atomic E-state index is 12.6. The number of H-pyrrole nitrogens is 1. The third kappa shape index (κ3) is 3.47. The van der Waals surface area contributed by atoms with Crippen molar-refractivity contribution in [2.45, 2.75) is 24.9 Å². The van der Waals surface area contributed by atoms with E-state index in [0.29, 0.717) is 31.6 Å². The van der Waals surface area contributed by atoms with Crippen LogP contribution in [-0.2, 0) is 6.18 Å². The van der Waals surface area contributed by atoms with E-state index in [1.165, 1.54) is 12.1 Å². The molecule has 1 aromatic carbocycles. The Morgan fingerprint density at radius 3 is 2.40 bits per heavy atom. The summed E-state index contributed by atoms with van der Waals surface area (Å²) in [6.07, 6.45) is -3.18. The predicted molar refractivity (Wildman–Crippen MR) is 80.4 cm³/mol. The summed E-state index contributed by atoms with van der Waals surface area (Å²) in [5.74, 6) is -0.266. The number of hydrogen-bond acceptors (Lipinski definition) is 4. The molecule has 1 saturated heterocycles. The average Bonchev–Trinajstić information content (AvgIpc) is 3.09. The topological polar surface area (TPSA) is 85.7 Å². The molecule has 0 aliphatic carbocycles. The Hall–Kier alpha value is -2.89. The van der Waals surface area contributed by atoms with E-state index in [0.717, 1.165) is 12.1 Å². The Bertz CT molecular complexity index is 798. The van der Waals surface area contributed by atoms with E-state index in [1.54, 1.807) is 4.90 Å². The first-order valence-corrected chi connectivity index (χ1v) is 7.67. The van der Waals surface area contributed by atoms with Gasteiger partial charge in [-0.3, -0.25) is 4.79 Å². The second-order valence-electron chi connectivity index (χ2n) is 5.81. The quantitative estimate of drug-likeness (QED) is 0.903. The molecule has 2 heterocycles. The summed E-state index contributed by atoms with van der Waals surface area (Å²) < 4.78 is 37.7. The molecular weight excluding hydrogens is 335 g/mol. The van der Waals surface area contributed by atoms with Crippen LogP contribution >= 0.6 is 0 Å². The Labute approximate surface area is 141 Å². The highest BCUT2D eigenvalue weighted by Gasteiger charge is 2.31. The van der Waals surface area contributed by atoms with E-state index in [-0.39, 0.29) is 23.1 Å². The Kier molecular flexibility index (Phi) is 4.44. The first-order chi connectivity index (χ1) is 11.9. The molecule has 1 N–H and O–H groups in total. The van der Waals surface area contributed by atoms with Crippen molar-refractivity contribution in [3.05, 3.63) is 46.8 Å². The van der Waals surface area contributed by atoms with Crippen molar-refractivity contribution < 1.29 is 18.0 Å². The molecule has 2 aromatic rings. The molecule has 9 heteroatoms. The van der Waals surface area contributed by atoms with E-state index in [4.69, 9.17) is 5.26 Å². The van der Waals surface area contributed by atoms with Crippen molar-refractivity contribution in [1.29, 1.82) is 5.26 Å². The van der Waals surface area contributed by atoms with Crippen LogP contribution in [0.5, 0.6) is 0 Å². The van der Waals surface area contributed by atoms with Crippen LogP contribution in [0, 0.1) is 11.3 Å². The van der Waals surface area contributed by atoms with Gasteiger partial charge in [-0.05, 0) is 37.1 Å². The normalized spacial score (nSPS) is 15.8. The summed E-state index contributed by atoms with van der Waals surface area (Å²) in [4.78, 5) is 14.0. The van der Waals surface area contributed by atoms with Crippen molar-refractivity contribution in [3.8, 4) is 6.07 Å². The van der Waals surface area contributed by atoms with Crippen LogP contribution in [0.3, 0.4) is 0 Å². The molecule has 1 aromatic heterocycles. The number of hydrogen-bond donors (Lipinski definition) is 1. The van der Waals surface area contributed by atoms with Crippen LogP contribution in [0.4, 0.5) is 13.2 Å². The highest BCUT2D eigenvalue weighted by atomic mass is 19.4. The average molecular weight is 349 g/mol. The molecule has 1 amide bonds. The highest BCUT2D eigenvalue weighted by Crippen LogP contribution is 2.30. The SMILES string of the molecule is N#Cc1n[nH]nc1C1CCN(C(=O)c2ccc(C(F)(F)F)cc2)CC1. The first kappa shape index (κ1) is 17.0. The summed E-state index contributed by atoms with van der Waals surface area (Å²) in [6.45, 7) is 0.893. The largest absolute Gasteiger partial charge is 0.416 e. The number of carbonyl (C=O) groups is 1. The molecule has 0 radical (unpaired) electrons. The smallest absolute Gasteiger partial charge is 0.339 e. The van der Waals surface area contributed by atoms with Gasteiger partial charge in [0.1, 0.15) is 11.8 Å². The second-order valence-corrected chi connectivity index (χ2v) is 5.81.